The second kappa shape index (κ2) is 8.46. The Morgan fingerprint density at radius 3 is 2.55 bits per heavy atom. The molecule has 0 unspecified atom stereocenters. The van der Waals surface area contributed by atoms with Crippen molar-refractivity contribution < 1.29 is 18.0 Å². The van der Waals surface area contributed by atoms with E-state index in [1.165, 1.54) is 36.5 Å². The van der Waals surface area contributed by atoms with Gasteiger partial charge in [-0.15, -0.1) is 10.2 Å². The van der Waals surface area contributed by atoms with Gasteiger partial charge in [-0.3, -0.25) is 9.78 Å². The molecule has 2 heterocycles. The second-order valence-corrected chi connectivity index (χ2v) is 8.72. The van der Waals surface area contributed by atoms with Crippen LogP contribution < -0.4 is 10.6 Å². The molecule has 6 nitrogen and oxygen atoms in total. The van der Waals surface area contributed by atoms with E-state index in [1.807, 2.05) is 0 Å². The summed E-state index contributed by atoms with van der Waals surface area (Å²) in [6, 6.07) is 10.3. The van der Waals surface area contributed by atoms with E-state index in [9.17, 15) is 18.0 Å². The standard InChI is InChI=1S/C24H22F3N5O/c25-15-11-24(12-15,22-19(27)2-1-9-28-22)13-29-21-8-7-20(31-32-21)17-10-14(3-6-18(17)26)23(33)30-16-4-5-16/h1-3,6-10,15-16H,4-5,11-13H2,(H,29,32)(H,30,33). The monoisotopic (exact) mass is 453 g/mol. The molecule has 170 valence electrons. The smallest absolute Gasteiger partial charge is 0.251 e. The molecule has 2 N–H and O–H groups in total. The third kappa shape index (κ3) is 4.40. The molecule has 0 atom stereocenters. The van der Waals surface area contributed by atoms with Gasteiger partial charge in [-0.05, 0) is 68.1 Å². The lowest BCUT2D eigenvalue weighted by molar-refractivity contribution is 0.0949. The summed E-state index contributed by atoms with van der Waals surface area (Å²) in [7, 11) is 0. The molecule has 2 aromatic heterocycles. The summed E-state index contributed by atoms with van der Waals surface area (Å²) in [5.41, 5.74) is 0.271. The summed E-state index contributed by atoms with van der Waals surface area (Å²) in [5.74, 6) is -0.835. The van der Waals surface area contributed by atoms with Crippen LogP contribution in [0.25, 0.3) is 11.3 Å². The van der Waals surface area contributed by atoms with E-state index in [2.05, 4.69) is 25.8 Å². The highest BCUT2D eigenvalue weighted by Crippen LogP contribution is 2.45. The Morgan fingerprint density at radius 2 is 1.88 bits per heavy atom. The predicted octanol–water partition coefficient (Wildman–Crippen LogP) is 4.19. The number of halogens is 3. The van der Waals surface area contributed by atoms with Crippen LogP contribution in [0.1, 0.15) is 41.7 Å². The summed E-state index contributed by atoms with van der Waals surface area (Å²) in [5, 5.41) is 14.1. The van der Waals surface area contributed by atoms with E-state index in [0.717, 1.165) is 12.8 Å². The van der Waals surface area contributed by atoms with Crippen molar-refractivity contribution in [3.8, 4) is 11.3 Å². The molecular formula is C24H22F3N5O. The lowest BCUT2D eigenvalue weighted by Gasteiger charge is -2.44. The Labute approximate surface area is 188 Å². The molecule has 0 bridgehead atoms. The maximum absolute atomic E-state index is 14.4. The number of carbonyl (C=O) groups excluding carboxylic acids is 1. The number of nitrogens with zero attached hydrogens (tertiary/aromatic N) is 3. The number of pyridine rings is 1. The molecule has 33 heavy (non-hydrogen) atoms. The molecule has 0 aliphatic heterocycles. The lowest BCUT2D eigenvalue weighted by atomic mass is 9.65. The number of alkyl halides is 1. The molecular weight excluding hydrogens is 431 g/mol. The summed E-state index contributed by atoms with van der Waals surface area (Å²) in [6.45, 7) is 0.237. The van der Waals surface area contributed by atoms with Crippen LogP contribution in [0.2, 0.25) is 0 Å². The van der Waals surface area contributed by atoms with Crippen molar-refractivity contribution in [3.05, 3.63) is 71.6 Å². The maximum Gasteiger partial charge on any atom is 0.251 e. The van der Waals surface area contributed by atoms with E-state index < -0.39 is 23.2 Å². The van der Waals surface area contributed by atoms with Gasteiger partial charge in [-0.25, -0.2) is 13.2 Å². The van der Waals surface area contributed by atoms with Crippen molar-refractivity contribution >= 4 is 11.7 Å². The second-order valence-electron chi connectivity index (χ2n) is 8.72. The topological polar surface area (TPSA) is 79.8 Å². The van der Waals surface area contributed by atoms with Gasteiger partial charge in [0.05, 0.1) is 11.4 Å². The Bertz CT molecular complexity index is 1180. The fourth-order valence-electron chi connectivity index (χ4n) is 4.17. The Kier molecular flexibility index (Phi) is 5.47. The van der Waals surface area contributed by atoms with Crippen molar-refractivity contribution in [2.75, 3.05) is 11.9 Å². The molecule has 5 rings (SSSR count). The van der Waals surface area contributed by atoms with Crippen LogP contribution in [0.3, 0.4) is 0 Å². The number of carbonyl (C=O) groups is 1. The van der Waals surface area contributed by atoms with Gasteiger partial charge in [-0.1, -0.05) is 0 Å². The van der Waals surface area contributed by atoms with E-state index in [-0.39, 0.29) is 48.3 Å². The van der Waals surface area contributed by atoms with Gasteiger partial charge >= 0.3 is 0 Å². The maximum atomic E-state index is 14.4. The van der Waals surface area contributed by atoms with Crippen LogP contribution in [-0.4, -0.2) is 39.8 Å². The number of hydrogen-bond donors (Lipinski definition) is 2. The highest BCUT2D eigenvalue weighted by atomic mass is 19.1. The number of benzene rings is 1. The van der Waals surface area contributed by atoms with E-state index in [1.54, 1.807) is 12.1 Å². The third-order valence-electron chi connectivity index (χ3n) is 6.17. The first-order valence-electron chi connectivity index (χ1n) is 10.9. The molecule has 2 aliphatic rings. The number of anilines is 1. The van der Waals surface area contributed by atoms with Crippen LogP contribution in [0, 0.1) is 11.6 Å². The zero-order valence-corrected chi connectivity index (χ0v) is 17.7. The van der Waals surface area contributed by atoms with Crippen molar-refractivity contribution in [2.24, 2.45) is 0 Å². The molecule has 2 aliphatic carbocycles. The van der Waals surface area contributed by atoms with Crippen molar-refractivity contribution in [3.63, 3.8) is 0 Å². The quantitative estimate of drug-likeness (QED) is 0.561. The minimum absolute atomic E-state index is 0.167. The summed E-state index contributed by atoms with van der Waals surface area (Å²) >= 11 is 0. The summed E-state index contributed by atoms with van der Waals surface area (Å²) in [6.07, 6.45) is 2.74. The van der Waals surface area contributed by atoms with Gasteiger partial charge in [0, 0.05) is 35.3 Å². The number of amides is 1. The van der Waals surface area contributed by atoms with Gasteiger partial charge < -0.3 is 10.6 Å². The van der Waals surface area contributed by atoms with Crippen LogP contribution in [-0.2, 0) is 5.41 Å². The molecule has 1 amide bonds. The average molecular weight is 453 g/mol. The number of aromatic nitrogens is 3. The number of nitrogens with one attached hydrogen (secondary N) is 2. The minimum Gasteiger partial charge on any atom is -0.368 e. The van der Waals surface area contributed by atoms with Crippen molar-refractivity contribution in [1.82, 2.24) is 20.5 Å². The Morgan fingerprint density at radius 1 is 1.06 bits per heavy atom. The Balaban J connectivity index is 1.31. The Hall–Kier alpha value is -3.49. The van der Waals surface area contributed by atoms with Gasteiger partial charge in [0.1, 0.15) is 23.6 Å². The summed E-state index contributed by atoms with van der Waals surface area (Å²) < 4.78 is 42.4. The normalized spacial score (nSPS) is 21.8. The number of rotatable bonds is 7. The third-order valence-corrected chi connectivity index (χ3v) is 6.17. The van der Waals surface area contributed by atoms with E-state index in [0.29, 0.717) is 11.4 Å². The molecule has 0 spiro atoms. The van der Waals surface area contributed by atoms with Gasteiger partial charge in [0.25, 0.3) is 5.91 Å². The largest absolute Gasteiger partial charge is 0.368 e. The van der Waals surface area contributed by atoms with Crippen LogP contribution in [0.15, 0.2) is 48.7 Å². The fourth-order valence-corrected chi connectivity index (χ4v) is 4.17. The first kappa shape index (κ1) is 21.4. The predicted molar refractivity (Wildman–Crippen MR) is 116 cm³/mol. The number of hydrogen-bond acceptors (Lipinski definition) is 5. The first-order chi connectivity index (χ1) is 15.9. The minimum atomic E-state index is -1.01. The highest BCUT2D eigenvalue weighted by Gasteiger charge is 2.48. The molecule has 2 fully saturated rings. The fraction of sp³-hybridized carbons (Fsp3) is 0.333. The van der Waals surface area contributed by atoms with E-state index >= 15 is 0 Å². The molecule has 0 saturated heterocycles. The molecule has 9 heteroatoms. The van der Waals surface area contributed by atoms with Crippen LogP contribution in [0.5, 0.6) is 0 Å². The van der Waals surface area contributed by atoms with Gasteiger partial charge in [-0.2, -0.15) is 0 Å². The lowest BCUT2D eigenvalue weighted by Crippen LogP contribution is -2.49. The SMILES string of the molecule is O=C(NC1CC1)c1ccc(F)c(-c2ccc(NCC3(c4ncccc4F)CC(F)C3)nn2)c1. The van der Waals surface area contributed by atoms with Gasteiger partial charge in [0.15, 0.2) is 0 Å². The highest BCUT2D eigenvalue weighted by molar-refractivity contribution is 5.95. The molecule has 3 aromatic rings. The molecule has 1 aromatic carbocycles. The zero-order valence-electron chi connectivity index (χ0n) is 17.7. The average Bonchev–Trinajstić information content (AvgIpc) is 3.61. The zero-order chi connectivity index (χ0) is 23.0. The summed E-state index contributed by atoms with van der Waals surface area (Å²) in [4.78, 5) is 16.4. The first-order valence-corrected chi connectivity index (χ1v) is 10.9. The van der Waals surface area contributed by atoms with Crippen LogP contribution in [0.4, 0.5) is 19.0 Å². The molecule has 2 saturated carbocycles. The van der Waals surface area contributed by atoms with Crippen molar-refractivity contribution in [2.45, 2.75) is 43.3 Å². The van der Waals surface area contributed by atoms with Crippen LogP contribution >= 0.6 is 0 Å². The molecule has 0 radical (unpaired) electrons. The van der Waals surface area contributed by atoms with E-state index in [4.69, 9.17) is 0 Å². The van der Waals surface area contributed by atoms with Gasteiger partial charge in [0.2, 0.25) is 0 Å². The van der Waals surface area contributed by atoms with Crippen molar-refractivity contribution in [1.29, 1.82) is 0 Å².